The van der Waals surface area contributed by atoms with Crippen LogP contribution < -0.4 is 4.74 Å². The first-order valence-electron chi connectivity index (χ1n) is 6.03. The lowest BCUT2D eigenvalue weighted by Crippen LogP contribution is -2.34. The summed E-state index contributed by atoms with van der Waals surface area (Å²) in [4.78, 5) is 0. The van der Waals surface area contributed by atoms with E-state index < -0.39 is 5.60 Å². The van der Waals surface area contributed by atoms with Crippen molar-refractivity contribution in [2.45, 2.75) is 32.3 Å². The van der Waals surface area contributed by atoms with Crippen LogP contribution in [-0.2, 0) is 10.3 Å². The Morgan fingerprint density at radius 1 is 1.18 bits per heavy atom. The second kappa shape index (κ2) is 4.67. The number of hydrogen-bond acceptors (Lipinski definition) is 3. The van der Waals surface area contributed by atoms with Gasteiger partial charge in [0, 0.05) is 26.1 Å². The number of benzene rings is 1. The average molecular weight is 236 g/mol. The quantitative estimate of drug-likeness (QED) is 0.856. The number of rotatable bonds is 2. The Morgan fingerprint density at radius 3 is 2.41 bits per heavy atom. The molecular formula is C14H20O3. The predicted octanol–water partition coefficient (Wildman–Crippen LogP) is 2.31. The molecule has 0 aliphatic carbocycles. The first kappa shape index (κ1) is 12.4. The van der Waals surface area contributed by atoms with Gasteiger partial charge in [0.2, 0.25) is 0 Å². The fraction of sp³-hybridized carbons (Fsp3) is 0.571. The van der Waals surface area contributed by atoms with Crippen molar-refractivity contribution in [2.75, 3.05) is 20.3 Å². The summed E-state index contributed by atoms with van der Waals surface area (Å²) >= 11 is 0. The van der Waals surface area contributed by atoms with Crippen molar-refractivity contribution >= 4 is 0 Å². The van der Waals surface area contributed by atoms with Gasteiger partial charge in [-0.1, -0.05) is 0 Å². The van der Waals surface area contributed by atoms with Crippen LogP contribution in [-0.4, -0.2) is 25.4 Å². The van der Waals surface area contributed by atoms with Crippen LogP contribution in [0.5, 0.6) is 5.75 Å². The molecule has 0 aromatic heterocycles. The molecule has 1 aromatic rings. The Bertz CT molecular complexity index is 406. The van der Waals surface area contributed by atoms with Gasteiger partial charge in [-0.2, -0.15) is 0 Å². The Balaban J connectivity index is 2.41. The van der Waals surface area contributed by atoms with E-state index in [9.17, 15) is 5.11 Å². The fourth-order valence-corrected chi connectivity index (χ4v) is 2.49. The van der Waals surface area contributed by atoms with E-state index in [-0.39, 0.29) is 0 Å². The van der Waals surface area contributed by atoms with Gasteiger partial charge >= 0.3 is 0 Å². The Morgan fingerprint density at radius 2 is 1.82 bits per heavy atom. The summed E-state index contributed by atoms with van der Waals surface area (Å²) in [6.45, 7) is 5.28. The average Bonchev–Trinajstić information content (AvgIpc) is 2.32. The van der Waals surface area contributed by atoms with Gasteiger partial charge in [-0.25, -0.2) is 0 Å². The summed E-state index contributed by atoms with van der Waals surface area (Å²) in [6, 6.07) is 4.04. The summed E-state index contributed by atoms with van der Waals surface area (Å²) in [5, 5.41) is 10.7. The Hall–Kier alpha value is -1.06. The van der Waals surface area contributed by atoms with Crippen LogP contribution in [0.25, 0.3) is 0 Å². The minimum atomic E-state index is -0.737. The lowest BCUT2D eigenvalue weighted by atomic mass is 9.83. The maximum atomic E-state index is 10.7. The van der Waals surface area contributed by atoms with E-state index in [4.69, 9.17) is 9.47 Å². The minimum Gasteiger partial charge on any atom is -0.496 e. The number of aliphatic hydroxyl groups is 1. The van der Waals surface area contributed by atoms with Crippen molar-refractivity contribution in [1.29, 1.82) is 0 Å². The zero-order chi connectivity index (χ0) is 12.5. The first-order chi connectivity index (χ1) is 8.07. The van der Waals surface area contributed by atoms with E-state index in [1.165, 1.54) is 0 Å². The van der Waals surface area contributed by atoms with E-state index in [0.29, 0.717) is 26.1 Å². The molecular weight excluding hydrogens is 216 g/mol. The second-order valence-electron chi connectivity index (χ2n) is 4.78. The standard InChI is InChI=1S/C14H20O3/c1-10-9-13(16-3)11(2)8-12(10)14(15)4-6-17-7-5-14/h8-9,15H,4-7H2,1-3H3. The highest BCUT2D eigenvalue weighted by molar-refractivity contribution is 5.44. The normalized spacial score (nSPS) is 19.1. The van der Waals surface area contributed by atoms with E-state index in [0.717, 1.165) is 22.4 Å². The van der Waals surface area contributed by atoms with Crippen LogP contribution in [0.4, 0.5) is 0 Å². The SMILES string of the molecule is COc1cc(C)c(C2(O)CCOCC2)cc1C. The van der Waals surface area contributed by atoms with Gasteiger partial charge < -0.3 is 14.6 Å². The van der Waals surface area contributed by atoms with E-state index in [1.807, 2.05) is 26.0 Å². The molecule has 1 saturated heterocycles. The van der Waals surface area contributed by atoms with Crippen molar-refractivity contribution in [2.24, 2.45) is 0 Å². The highest BCUT2D eigenvalue weighted by Gasteiger charge is 2.33. The summed E-state index contributed by atoms with van der Waals surface area (Å²) in [5.41, 5.74) is 2.42. The predicted molar refractivity (Wildman–Crippen MR) is 66.4 cm³/mol. The molecule has 1 aliphatic heterocycles. The van der Waals surface area contributed by atoms with E-state index in [2.05, 4.69) is 0 Å². The summed E-state index contributed by atoms with van der Waals surface area (Å²) in [6.07, 6.45) is 1.33. The number of aryl methyl sites for hydroxylation is 2. The number of hydrogen-bond donors (Lipinski definition) is 1. The highest BCUT2D eigenvalue weighted by atomic mass is 16.5. The van der Waals surface area contributed by atoms with E-state index in [1.54, 1.807) is 7.11 Å². The topological polar surface area (TPSA) is 38.7 Å². The molecule has 1 N–H and O–H groups in total. The second-order valence-corrected chi connectivity index (χ2v) is 4.78. The van der Waals surface area contributed by atoms with Crippen LogP contribution in [0.15, 0.2) is 12.1 Å². The van der Waals surface area contributed by atoms with Gasteiger partial charge in [0.15, 0.2) is 0 Å². The Kier molecular flexibility index (Phi) is 3.40. The minimum absolute atomic E-state index is 0.626. The van der Waals surface area contributed by atoms with Crippen LogP contribution >= 0.6 is 0 Å². The molecule has 0 spiro atoms. The molecule has 3 nitrogen and oxygen atoms in total. The zero-order valence-electron chi connectivity index (χ0n) is 10.7. The molecule has 1 aliphatic rings. The zero-order valence-corrected chi connectivity index (χ0v) is 10.7. The van der Waals surface area contributed by atoms with Crippen molar-refractivity contribution in [3.63, 3.8) is 0 Å². The maximum absolute atomic E-state index is 10.7. The summed E-state index contributed by atoms with van der Waals surface area (Å²) in [5.74, 6) is 0.877. The third-order valence-electron chi connectivity index (χ3n) is 3.56. The van der Waals surface area contributed by atoms with Crippen molar-refractivity contribution in [3.8, 4) is 5.75 Å². The summed E-state index contributed by atoms with van der Waals surface area (Å²) in [7, 11) is 1.67. The van der Waals surface area contributed by atoms with Gasteiger partial charge in [0.1, 0.15) is 5.75 Å². The van der Waals surface area contributed by atoms with Crippen LogP contribution in [0.1, 0.15) is 29.5 Å². The lowest BCUT2D eigenvalue weighted by Gasteiger charge is -2.34. The lowest BCUT2D eigenvalue weighted by molar-refractivity contribution is -0.0683. The molecule has 0 saturated carbocycles. The molecule has 0 bridgehead atoms. The van der Waals surface area contributed by atoms with Crippen LogP contribution in [0, 0.1) is 13.8 Å². The van der Waals surface area contributed by atoms with Gasteiger partial charge in [-0.15, -0.1) is 0 Å². The van der Waals surface area contributed by atoms with Crippen molar-refractivity contribution in [3.05, 3.63) is 28.8 Å². The third kappa shape index (κ3) is 2.31. The monoisotopic (exact) mass is 236 g/mol. The molecule has 94 valence electrons. The van der Waals surface area contributed by atoms with Gasteiger partial charge in [-0.3, -0.25) is 0 Å². The van der Waals surface area contributed by atoms with Crippen LogP contribution in [0.2, 0.25) is 0 Å². The molecule has 1 aromatic carbocycles. The Labute approximate surface area is 102 Å². The number of methoxy groups -OCH3 is 1. The highest BCUT2D eigenvalue weighted by Crippen LogP contribution is 2.36. The van der Waals surface area contributed by atoms with Crippen LogP contribution in [0.3, 0.4) is 0 Å². The third-order valence-corrected chi connectivity index (χ3v) is 3.56. The largest absolute Gasteiger partial charge is 0.496 e. The van der Waals surface area contributed by atoms with E-state index >= 15 is 0 Å². The van der Waals surface area contributed by atoms with Gasteiger partial charge in [0.25, 0.3) is 0 Å². The number of ether oxygens (including phenoxy) is 2. The first-order valence-corrected chi connectivity index (χ1v) is 6.03. The molecule has 1 fully saturated rings. The van der Waals surface area contributed by atoms with Crippen molar-refractivity contribution in [1.82, 2.24) is 0 Å². The van der Waals surface area contributed by atoms with Gasteiger partial charge in [-0.05, 0) is 42.7 Å². The van der Waals surface area contributed by atoms with Crippen molar-refractivity contribution < 1.29 is 14.6 Å². The molecule has 0 atom stereocenters. The molecule has 0 amide bonds. The van der Waals surface area contributed by atoms with Gasteiger partial charge in [0.05, 0.1) is 12.7 Å². The molecule has 1 heterocycles. The summed E-state index contributed by atoms with van der Waals surface area (Å²) < 4.78 is 10.6. The smallest absolute Gasteiger partial charge is 0.122 e. The molecule has 0 radical (unpaired) electrons. The molecule has 2 rings (SSSR count). The molecule has 17 heavy (non-hydrogen) atoms. The molecule has 3 heteroatoms. The maximum Gasteiger partial charge on any atom is 0.122 e. The molecule has 0 unspecified atom stereocenters. The fourth-order valence-electron chi connectivity index (χ4n) is 2.49.